The summed E-state index contributed by atoms with van der Waals surface area (Å²) in [4.78, 5) is 39.3. The van der Waals surface area contributed by atoms with Gasteiger partial charge >= 0.3 is 11.9 Å². The van der Waals surface area contributed by atoms with Gasteiger partial charge < -0.3 is 19.8 Å². The van der Waals surface area contributed by atoms with Crippen LogP contribution in [0.2, 0.25) is 0 Å². The summed E-state index contributed by atoms with van der Waals surface area (Å²) < 4.78 is 32.6. The fourth-order valence-corrected chi connectivity index (χ4v) is 6.48. The molecule has 2 N–H and O–H groups in total. The number of aryl methyl sites for hydroxylation is 1. The van der Waals surface area contributed by atoms with Gasteiger partial charge in [0.2, 0.25) is 15.9 Å². The minimum absolute atomic E-state index is 0.0273. The van der Waals surface area contributed by atoms with Crippen molar-refractivity contribution in [1.29, 1.82) is 0 Å². The zero-order chi connectivity index (χ0) is 35.3. The molecule has 0 fully saturated rings. The minimum Gasteiger partial charge on any atom is -0.507 e. The number of hydrogen-bond acceptors (Lipinski definition) is 7. The zero-order valence-electron chi connectivity index (χ0n) is 27.0. The normalized spacial score (nSPS) is 11.3. The maximum absolute atomic E-state index is 13.9. The standard InChI is InChI=1S/C38H34N2O8S/c1-25-12-16-31(17-13-25)49(46,47)39(2)24-36(42)40(30-15-19-33(37(43)44)35(41)22-30)23-26-8-7-11-28(20-26)34-21-29(38(45)48-3)14-18-32(34)27-9-5-4-6-10-27/h4-22,41H,23-24H2,1-3H3,(H,43,44). The lowest BCUT2D eigenvalue weighted by Crippen LogP contribution is -2.41. The predicted octanol–water partition coefficient (Wildman–Crippen LogP) is 6.37. The van der Waals surface area contributed by atoms with Gasteiger partial charge in [-0.15, -0.1) is 0 Å². The molecular weight excluding hydrogens is 644 g/mol. The number of phenols is 1. The molecule has 0 bridgehead atoms. The quantitative estimate of drug-likeness (QED) is 0.154. The van der Waals surface area contributed by atoms with E-state index < -0.39 is 40.2 Å². The third-order valence-electron chi connectivity index (χ3n) is 8.02. The van der Waals surface area contributed by atoms with Crippen LogP contribution in [0.15, 0.2) is 120 Å². The van der Waals surface area contributed by atoms with Crippen molar-refractivity contribution < 1.29 is 37.8 Å². The average molecular weight is 679 g/mol. The number of esters is 1. The molecule has 0 saturated heterocycles. The molecule has 0 saturated carbocycles. The van der Waals surface area contributed by atoms with Gasteiger partial charge in [-0.05, 0) is 77.2 Å². The Balaban J connectivity index is 1.54. The summed E-state index contributed by atoms with van der Waals surface area (Å²) >= 11 is 0. The monoisotopic (exact) mass is 678 g/mol. The van der Waals surface area contributed by atoms with Crippen LogP contribution in [0.3, 0.4) is 0 Å². The number of anilines is 1. The van der Waals surface area contributed by atoms with Crippen LogP contribution in [-0.4, -0.2) is 61.5 Å². The second-order valence-corrected chi connectivity index (χ2v) is 13.4. The van der Waals surface area contributed by atoms with Crippen LogP contribution in [0.1, 0.15) is 31.8 Å². The first-order valence-electron chi connectivity index (χ1n) is 15.2. The molecule has 0 aromatic heterocycles. The van der Waals surface area contributed by atoms with Gasteiger partial charge in [-0.3, -0.25) is 4.79 Å². The number of sulfonamides is 1. The molecule has 0 spiro atoms. The lowest BCUT2D eigenvalue weighted by molar-refractivity contribution is -0.118. The van der Waals surface area contributed by atoms with Crippen molar-refractivity contribution in [3.8, 4) is 28.0 Å². The van der Waals surface area contributed by atoms with E-state index >= 15 is 0 Å². The van der Waals surface area contributed by atoms with E-state index in [2.05, 4.69) is 0 Å². The van der Waals surface area contributed by atoms with E-state index in [-0.39, 0.29) is 22.7 Å². The number of rotatable bonds is 11. The number of amides is 1. The highest BCUT2D eigenvalue weighted by Gasteiger charge is 2.27. The lowest BCUT2D eigenvalue weighted by Gasteiger charge is -2.26. The molecule has 1 amide bonds. The highest BCUT2D eigenvalue weighted by Crippen LogP contribution is 2.34. The van der Waals surface area contributed by atoms with Crippen LogP contribution >= 0.6 is 0 Å². The molecule has 5 rings (SSSR count). The molecule has 250 valence electrons. The van der Waals surface area contributed by atoms with Crippen LogP contribution in [0.25, 0.3) is 22.3 Å². The highest BCUT2D eigenvalue weighted by atomic mass is 32.2. The Morgan fingerprint density at radius 2 is 1.47 bits per heavy atom. The second-order valence-electron chi connectivity index (χ2n) is 11.4. The third kappa shape index (κ3) is 7.69. The summed E-state index contributed by atoms with van der Waals surface area (Å²) in [6, 6.07) is 32.2. The molecule has 0 unspecified atom stereocenters. The molecule has 0 radical (unpaired) electrons. The Labute approximate surface area is 284 Å². The summed E-state index contributed by atoms with van der Waals surface area (Å²) in [5.74, 6) is -3.02. The van der Waals surface area contributed by atoms with E-state index in [0.717, 1.165) is 38.2 Å². The number of methoxy groups -OCH3 is 1. The van der Waals surface area contributed by atoms with E-state index in [1.54, 1.807) is 36.4 Å². The zero-order valence-corrected chi connectivity index (χ0v) is 27.8. The van der Waals surface area contributed by atoms with Gasteiger partial charge in [-0.2, -0.15) is 4.31 Å². The molecule has 5 aromatic carbocycles. The van der Waals surface area contributed by atoms with Gasteiger partial charge in [-0.1, -0.05) is 72.3 Å². The molecule has 0 heterocycles. The van der Waals surface area contributed by atoms with Gasteiger partial charge in [0.15, 0.2) is 0 Å². The maximum atomic E-state index is 13.9. The number of hydrogen-bond donors (Lipinski definition) is 2. The largest absolute Gasteiger partial charge is 0.507 e. The first-order valence-corrected chi connectivity index (χ1v) is 16.6. The predicted molar refractivity (Wildman–Crippen MR) is 186 cm³/mol. The molecule has 0 aliphatic heterocycles. The van der Waals surface area contributed by atoms with Gasteiger partial charge in [0.1, 0.15) is 11.3 Å². The first kappa shape index (κ1) is 34.6. The number of carbonyl (C=O) groups is 3. The molecule has 5 aromatic rings. The number of ether oxygens (including phenoxy) is 1. The van der Waals surface area contributed by atoms with Crippen molar-refractivity contribution in [3.63, 3.8) is 0 Å². The number of carboxylic acid groups (broad SMARTS) is 1. The van der Waals surface area contributed by atoms with E-state index in [1.807, 2.05) is 55.5 Å². The van der Waals surface area contributed by atoms with Gasteiger partial charge in [0.05, 0.1) is 30.7 Å². The molecule has 49 heavy (non-hydrogen) atoms. The van der Waals surface area contributed by atoms with Crippen molar-refractivity contribution in [2.75, 3.05) is 25.6 Å². The second kappa shape index (κ2) is 14.5. The van der Waals surface area contributed by atoms with Crippen molar-refractivity contribution in [3.05, 3.63) is 138 Å². The van der Waals surface area contributed by atoms with Crippen molar-refractivity contribution >= 4 is 33.6 Å². The van der Waals surface area contributed by atoms with Gasteiger partial charge in [0, 0.05) is 18.8 Å². The topological polar surface area (TPSA) is 142 Å². The van der Waals surface area contributed by atoms with E-state index in [1.165, 1.54) is 43.3 Å². The molecule has 0 aliphatic carbocycles. The molecule has 10 nitrogen and oxygen atoms in total. The van der Waals surface area contributed by atoms with E-state index in [0.29, 0.717) is 11.1 Å². The van der Waals surface area contributed by atoms with Crippen molar-refractivity contribution in [2.45, 2.75) is 18.4 Å². The summed E-state index contributed by atoms with van der Waals surface area (Å²) in [5, 5.41) is 19.9. The Morgan fingerprint density at radius 3 is 2.12 bits per heavy atom. The van der Waals surface area contributed by atoms with Gasteiger partial charge in [0.25, 0.3) is 0 Å². The molecule has 0 atom stereocenters. The summed E-state index contributed by atoms with van der Waals surface area (Å²) in [5.41, 5.74) is 4.93. The fraction of sp³-hybridized carbons (Fsp3) is 0.132. The summed E-state index contributed by atoms with van der Waals surface area (Å²) in [6.07, 6.45) is 0. The molecule has 0 aliphatic rings. The van der Waals surface area contributed by atoms with Crippen LogP contribution in [0, 0.1) is 6.92 Å². The average Bonchev–Trinajstić information content (AvgIpc) is 3.10. The number of carboxylic acids is 1. The summed E-state index contributed by atoms with van der Waals surface area (Å²) in [6.45, 7) is 1.23. The highest BCUT2D eigenvalue weighted by molar-refractivity contribution is 7.89. The van der Waals surface area contributed by atoms with Crippen LogP contribution in [0.4, 0.5) is 5.69 Å². The number of aromatic carboxylic acids is 1. The van der Waals surface area contributed by atoms with Crippen LogP contribution in [-0.2, 0) is 26.1 Å². The van der Waals surface area contributed by atoms with Crippen LogP contribution in [0.5, 0.6) is 5.75 Å². The maximum Gasteiger partial charge on any atom is 0.339 e. The van der Waals surface area contributed by atoms with E-state index in [9.17, 15) is 33.0 Å². The Bertz CT molecular complexity index is 2130. The Kier molecular flexibility index (Phi) is 10.3. The number of likely N-dealkylation sites (N-methyl/N-ethyl adjacent to an activating group) is 1. The first-order chi connectivity index (χ1) is 23.4. The molecular formula is C38H34N2O8S. The number of nitrogens with zero attached hydrogens (tertiary/aromatic N) is 2. The Morgan fingerprint density at radius 1 is 0.776 bits per heavy atom. The lowest BCUT2D eigenvalue weighted by atomic mass is 9.92. The number of benzene rings is 5. The van der Waals surface area contributed by atoms with Gasteiger partial charge in [-0.25, -0.2) is 18.0 Å². The SMILES string of the molecule is COC(=O)c1ccc(-c2ccccc2)c(-c2cccc(CN(C(=O)CN(C)S(=O)(=O)c3ccc(C)cc3)c3ccc(C(=O)O)c(O)c3)c2)c1. The number of carbonyl (C=O) groups excluding carboxylic acids is 2. The molecule has 11 heteroatoms. The van der Waals surface area contributed by atoms with Crippen molar-refractivity contribution in [1.82, 2.24) is 4.31 Å². The number of aromatic hydroxyl groups is 1. The van der Waals surface area contributed by atoms with Crippen molar-refractivity contribution in [2.24, 2.45) is 0 Å². The smallest absolute Gasteiger partial charge is 0.339 e. The third-order valence-corrected chi connectivity index (χ3v) is 9.83. The Hall–Kier alpha value is -5.78. The fourth-order valence-electron chi connectivity index (χ4n) is 5.36. The summed E-state index contributed by atoms with van der Waals surface area (Å²) in [7, 11) is -1.42. The van der Waals surface area contributed by atoms with Crippen LogP contribution < -0.4 is 4.90 Å². The minimum atomic E-state index is -4.03. The van der Waals surface area contributed by atoms with E-state index in [4.69, 9.17) is 4.74 Å².